The number of benzene rings is 1. The summed E-state index contributed by atoms with van der Waals surface area (Å²) < 4.78 is 0. The van der Waals surface area contributed by atoms with E-state index in [-0.39, 0.29) is 0 Å². The first-order valence-electron chi connectivity index (χ1n) is 9.06. The molecule has 1 heteroatoms. The Morgan fingerprint density at radius 3 is 2.55 bits per heavy atom. The Labute approximate surface area is 137 Å². The molecule has 0 N–H and O–H groups in total. The maximum atomic E-state index is 2.60. The van der Waals surface area contributed by atoms with Crippen molar-refractivity contribution in [2.75, 3.05) is 19.6 Å². The van der Waals surface area contributed by atoms with Crippen molar-refractivity contribution in [3.05, 3.63) is 47.0 Å². The topological polar surface area (TPSA) is 3.24 Å². The van der Waals surface area contributed by atoms with Crippen LogP contribution in [0.25, 0.3) is 0 Å². The molecule has 1 heterocycles. The molecule has 1 unspecified atom stereocenters. The molecule has 0 amide bonds. The summed E-state index contributed by atoms with van der Waals surface area (Å²) >= 11 is 0. The van der Waals surface area contributed by atoms with E-state index in [9.17, 15) is 0 Å². The second-order valence-electron chi connectivity index (χ2n) is 7.17. The van der Waals surface area contributed by atoms with Crippen LogP contribution in [0.1, 0.15) is 76.3 Å². The number of nitrogens with zero attached hydrogens (tertiary/aromatic N) is 1. The third-order valence-electron chi connectivity index (χ3n) is 5.03. The van der Waals surface area contributed by atoms with Gasteiger partial charge >= 0.3 is 0 Å². The highest BCUT2D eigenvalue weighted by Crippen LogP contribution is 2.34. The lowest BCUT2D eigenvalue weighted by molar-refractivity contribution is 0.231. The van der Waals surface area contributed by atoms with Crippen molar-refractivity contribution >= 4 is 0 Å². The lowest BCUT2D eigenvalue weighted by Crippen LogP contribution is -2.33. The summed E-state index contributed by atoms with van der Waals surface area (Å²) in [7, 11) is 0. The molecule has 0 saturated carbocycles. The number of hydrogen-bond donors (Lipinski definition) is 0. The minimum atomic E-state index is 0.699. The quantitative estimate of drug-likeness (QED) is 0.606. The smallest absolute Gasteiger partial charge is 0.0165 e. The van der Waals surface area contributed by atoms with Gasteiger partial charge in [0.05, 0.1) is 0 Å². The molecular formula is C21H33N. The van der Waals surface area contributed by atoms with E-state index < -0.39 is 0 Å². The van der Waals surface area contributed by atoms with Crippen LogP contribution in [-0.4, -0.2) is 24.5 Å². The Morgan fingerprint density at radius 2 is 1.91 bits per heavy atom. The first-order valence-corrected chi connectivity index (χ1v) is 9.06. The molecule has 2 rings (SSSR count). The maximum Gasteiger partial charge on any atom is 0.0165 e. The van der Waals surface area contributed by atoms with Gasteiger partial charge in [0, 0.05) is 6.54 Å². The standard InChI is InChI=1S/C21H33N/c1-5-8-18(4)20-9-6-7-10-21(20)19-12-15-22(16-13-19)14-11-17(2)3/h6-7,9-11,18-19H,5,8,12-16H2,1-4H3. The first-order chi connectivity index (χ1) is 10.6. The zero-order chi connectivity index (χ0) is 15.9. The van der Waals surface area contributed by atoms with Crippen molar-refractivity contribution in [1.82, 2.24) is 4.90 Å². The number of rotatable bonds is 6. The van der Waals surface area contributed by atoms with Gasteiger partial charge in [0.2, 0.25) is 0 Å². The predicted molar refractivity (Wildman–Crippen MR) is 97.6 cm³/mol. The van der Waals surface area contributed by atoms with Gasteiger partial charge in [-0.1, -0.05) is 56.2 Å². The zero-order valence-corrected chi connectivity index (χ0v) is 14.9. The molecule has 22 heavy (non-hydrogen) atoms. The molecule has 0 bridgehead atoms. The van der Waals surface area contributed by atoms with Crippen LogP contribution < -0.4 is 0 Å². The van der Waals surface area contributed by atoms with Crippen molar-refractivity contribution in [3.8, 4) is 0 Å². The van der Waals surface area contributed by atoms with E-state index in [2.05, 4.69) is 62.9 Å². The third-order valence-corrected chi connectivity index (χ3v) is 5.03. The SMILES string of the molecule is CCCC(C)c1ccccc1C1CCN(CC=C(C)C)CC1. The van der Waals surface area contributed by atoms with Crippen molar-refractivity contribution in [2.45, 2.75) is 65.2 Å². The van der Waals surface area contributed by atoms with Crippen LogP contribution in [0.2, 0.25) is 0 Å². The van der Waals surface area contributed by atoms with Crippen LogP contribution in [0.15, 0.2) is 35.9 Å². The molecule has 1 nitrogen and oxygen atoms in total. The van der Waals surface area contributed by atoms with Gasteiger partial charge in [0.25, 0.3) is 0 Å². The fourth-order valence-corrected chi connectivity index (χ4v) is 3.66. The van der Waals surface area contributed by atoms with Crippen molar-refractivity contribution in [1.29, 1.82) is 0 Å². The summed E-state index contributed by atoms with van der Waals surface area (Å²) in [6.45, 7) is 12.7. The third kappa shape index (κ3) is 4.71. The van der Waals surface area contributed by atoms with E-state index in [0.717, 1.165) is 12.5 Å². The van der Waals surface area contributed by atoms with E-state index >= 15 is 0 Å². The monoisotopic (exact) mass is 299 g/mol. The first kappa shape index (κ1) is 17.3. The van der Waals surface area contributed by atoms with Crippen molar-refractivity contribution < 1.29 is 0 Å². The van der Waals surface area contributed by atoms with Crippen LogP contribution in [0.4, 0.5) is 0 Å². The molecule has 1 aromatic carbocycles. The maximum absolute atomic E-state index is 2.60. The molecule has 0 aromatic heterocycles. The van der Waals surface area contributed by atoms with Gasteiger partial charge in [-0.2, -0.15) is 0 Å². The molecule has 1 atom stereocenters. The molecule has 1 aromatic rings. The van der Waals surface area contributed by atoms with Gasteiger partial charge in [-0.15, -0.1) is 0 Å². The van der Waals surface area contributed by atoms with Crippen molar-refractivity contribution in [3.63, 3.8) is 0 Å². The zero-order valence-electron chi connectivity index (χ0n) is 14.9. The number of piperidine rings is 1. The minimum absolute atomic E-state index is 0.699. The average Bonchev–Trinajstić information content (AvgIpc) is 2.53. The Hall–Kier alpha value is -1.08. The molecule has 122 valence electrons. The van der Waals surface area contributed by atoms with Gasteiger partial charge < -0.3 is 0 Å². The van der Waals surface area contributed by atoms with Crippen molar-refractivity contribution in [2.24, 2.45) is 0 Å². The van der Waals surface area contributed by atoms with Gasteiger partial charge in [0.15, 0.2) is 0 Å². The minimum Gasteiger partial charge on any atom is -0.300 e. The van der Waals surface area contributed by atoms with Crippen LogP contribution in [0.3, 0.4) is 0 Å². The fraction of sp³-hybridized carbons (Fsp3) is 0.619. The molecule has 0 aliphatic carbocycles. The van der Waals surface area contributed by atoms with Gasteiger partial charge in [-0.25, -0.2) is 0 Å². The highest BCUT2D eigenvalue weighted by Gasteiger charge is 2.23. The largest absolute Gasteiger partial charge is 0.300 e. The van der Waals surface area contributed by atoms with Gasteiger partial charge in [0.1, 0.15) is 0 Å². The second-order valence-corrected chi connectivity index (χ2v) is 7.17. The summed E-state index contributed by atoms with van der Waals surface area (Å²) in [5.41, 5.74) is 4.67. The summed E-state index contributed by atoms with van der Waals surface area (Å²) in [6.07, 6.45) is 7.56. The van der Waals surface area contributed by atoms with Gasteiger partial charge in [-0.3, -0.25) is 4.90 Å². The molecule has 1 aliphatic rings. The molecule has 1 fully saturated rings. The number of allylic oxidation sites excluding steroid dienone is 1. The summed E-state index contributed by atoms with van der Waals surface area (Å²) in [5, 5.41) is 0. The highest BCUT2D eigenvalue weighted by molar-refractivity contribution is 5.33. The van der Waals surface area contributed by atoms with Crippen LogP contribution in [0.5, 0.6) is 0 Å². The number of hydrogen-bond acceptors (Lipinski definition) is 1. The molecule has 0 spiro atoms. The van der Waals surface area contributed by atoms with Crippen LogP contribution in [0, 0.1) is 0 Å². The lowest BCUT2D eigenvalue weighted by atomic mass is 9.82. The van der Waals surface area contributed by atoms with Gasteiger partial charge in [-0.05, 0) is 69.2 Å². The average molecular weight is 300 g/mol. The van der Waals surface area contributed by atoms with Crippen LogP contribution >= 0.6 is 0 Å². The summed E-state index contributed by atoms with van der Waals surface area (Å²) in [5.74, 6) is 1.46. The Bertz CT molecular complexity index is 476. The predicted octanol–water partition coefficient (Wildman–Crippen LogP) is 5.74. The van der Waals surface area contributed by atoms with E-state index in [4.69, 9.17) is 0 Å². The van der Waals surface area contributed by atoms with E-state index in [0.29, 0.717) is 5.92 Å². The van der Waals surface area contributed by atoms with E-state index in [1.54, 1.807) is 11.1 Å². The lowest BCUT2D eigenvalue weighted by Gasteiger charge is -2.33. The second kappa shape index (κ2) is 8.53. The normalized spacial score (nSPS) is 18.2. The molecule has 0 radical (unpaired) electrons. The molecule has 1 saturated heterocycles. The van der Waals surface area contributed by atoms with E-state index in [1.807, 2.05) is 0 Å². The summed E-state index contributed by atoms with van der Waals surface area (Å²) in [6, 6.07) is 9.20. The highest BCUT2D eigenvalue weighted by atomic mass is 15.1. The fourth-order valence-electron chi connectivity index (χ4n) is 3.66. The summed E-state index contributed by atoms with van der Waals surface area (Å²) in [4.78, 5) is 2.60. The molecular weight excluding hydrogens is 266 g/mol. The van der Waals surface area contributed by atoms with Crippen LogP contribution in [-0.2, 0) is 0 Å². The Morgan fingerprint density at radius 1 is 1.23 bits per heavy atom. The number of likely N-dealkylation sites (tertiary alicyclic amines) is 1. The Kier molecular flexibility index (Phi) is 6.70. The molecule has 1 aliphatic heterocycles. The van der Waals surface area contributed by atoms with E-state index in [1.165, 1.54) is 44.3 Å². The Balaban J connectivity index is 2.01.